The molecule has 4 heteroatoms. The molecule has 0 aliphatic carbocycles. The Labute approximate surface area is 138 Å². The highest BCUT2D eigenvalue weighted by molar-refractivity contribution is 14.1. The summed E-state index contributed by atoms with van der Waals surface area (Å²) in [6.07, 6.45) is 0. The maximum Gasteiger partial charge on any atom is 0.134 e. The monoisotopic (exact) mass is 399 g/mol. The first kappa shape index (κ1) is 16.2. The standard InChI is InChI=1S/C17H19FINO/c1-12(2)10-20-11-15-16(18)4-3-5-17(15)21-14-8-6-13(19)7-9-14/h3-9,12,20H,10-11H2,1-2H3. The van der Waals surface area contributed by atoms with E-state index in [1.807, 2.05) is 24.3 Å². The van der Waals surface area contributed by atoms with Crippen LogP contribution in [0.4, 0.5) is 4.39 Å². The quantitative estimate of drug-likeness (QED) is 0.693. The molecule has 0 radical (unpaired) electrons. The zero-order chi connectivity index (χ0) is 15.2. The third-order valence-electron chi connectivity index (χ3n) is 2.97. The Morgan fingerprint density at radius 3 is 2.52 bits per heavy atom. The molecule has 0 unspecified atom stereocenters. The second-order valence-electron chi connectivity index (χ2n) is 5.30. The molecule has 0 aliphatic heterocycles. The molecule has 0 bridgehead atoms. The number of halogens is 2. The second-order valence-corrected chi connectivity index (χ2v) is 6.54. The first-order chi connectivity index (χ1) is 10.1. The molecule has 21 heavy (non-hydrogen) atoms. The smallest absolute Gasteiger partial charge is 0.134 e. The van der Waals surface area contributed by atoms with Gasteiger partial charge in [0.1, 0.15) is 17.3 Å². The van der Waals surface area contributed by atoms with Crippen molar-refractivity contribution < 1.29 is 9.13 Å². The maximum atomic E-state index is 14.0. The van der Waals surface area contributed by atoms with Gasteiger partial charge in [-0.1, -0.05) is 19.9 Å². The van der Waals surface area contributed by atoms with Gasteiger partial charge in [0.25, 0.3) is 0 Å². The van der Waals surface area contributed by atoms with Crippen molar-refractivity contribution in [2.45, 2.75) is 20.4 Å². The summed E-state index contributed by atoms with van der Waals surface area (Å²) in [6, 6.07) is 12.6. The van der Waals surface area contributed by atoms with Gasteiger partial charge in [-0.05, 0) is 71.5 Å². The highest BCUT2D eigenvalue weighted by atomic mass is 127. The number of nitrogens with one attached hydrogen (secondary N) is 1. The molecule has 0 atom stereocenters. The van der Waals surface area contributed by atoms with Crippen LogP contribution < -0.4 is 10.1 Å². The van der Waals surface area contributed by atoms with Crippen molar-refractivity contribution in [1.29, 1.82) is 0 Å². The molecular weight excluding hydrogens is 380 g/mol. The van der Waals surface area contributed by atoms with Crippen LogP contribution in [-0.2, 0) is 6.54 Å². The number of benzene rings is 2. The molecule has 2 nitrogen and oxygen atoms in total. The number of hydrogen-bond donors (Lipinski definition) is 1. The van der Waals surface area contributed by atoms with Gasteiger partial charge in [-0.2, -0.15) is 0 Å². The lowest BCUT2D eigenvalue weighted by Crippen LogP contribution is -2.20. The third-order valence-corrected chi connectivity index (χ3v) is 3.69. The van der Waals surface area contributed by atoms with E-state index in [0.29, 0.717) is 29.5 Å². The molecular formula is C17H19FINO. The van der Waals surface area contributed by atoms with Crippen molar-refractivity contribution in [3.63, 3.8) is 0 Å². The molecule has 0 aliphatic rings. The van der Waals surface area contributed by atoms with Gasteiger partial charge in [-0.25, -0.2) is 4.39 Å². The van der Waals surface area contributed by atoms with Crippen molar-refractivity contribution in [3.8, 4) is 11.5 Å². The van der Waals surface area contributed by atoms with E-state index in [0.717, 1.165) is 10.1 Å². The summed E-state index contributed by atoms with van der Waals surface area (Å²) in [5.41, 5.74) is 0.566. The minimum absolute atomic E-state index is 0.241. The van der Waals surface area contributed by atoms with Crippen LogP contribution in [0.5, 0.6) is 11.5 Å². The van der Waals surface area contributed by atoms with Gasteiger partial charge in [0.05, 0.1) is 0 Å². The molecule has 0 heterocycles. The molecule has 0 spiro atoms. The average molecular weight is 399 g/mol. The van der Waals surface area contributed by atoms with Crippen molar-refractivity contribution >= 4 is 22.6 Å². The summed E-state index contributed by atoms with van der Waals surface area (Å²) in [5, 5.41) is 3.26. The zero-order valence-electron chi connectivity index (χ0n) is 12.2. The van der Waals surface area contributed by atoms with Crippen molar-refractivity contribution in [2.24, 2.45) is 5.92 Å². The average Bonchev–Trinajstić information content (AvgIpc) is 2.44. The minimum atomic E-state index is -0.241. The Bertz CT molecular complexity index is 584. The lowest BCUT2D eigenvalue weighted by molar-refractivity contribution is 0.457. The summed E-state index contributed by atoms with van der Waals surface area (Å²) in [6.45, 7) is 5.55. The topological polar surface area (TPSA) is 21.3 Å². The van der Waals surface area contributed by atoms with Crippen molar-refractivity contribution in [3.05, 3.63) is 57.4 Å². The maximum absolute atomic E-state index is 14.0. The van der Waals surface area contributed by atoms with E-state index in [4.69, 9.17) is 4.74 Å². The number of ether oxygens (including phenoxy) is 1. The van der Waals surface area contributed by atoms with Gasteiger partial charge in [0.15, 0.2) is 0 Å². The first-order valence-electron chi connectivity index (χ1n) is 6.98. The predicted octanol–water partition coefficient (Wildman–Crippen LogP) is 4.97. The molecule has 0 saturated heterocycles. The van der Waals surface area contributed by atoms with E-state index in [-0.39, 0.29) is 5.82 Å². The van der Waals surface area contributed by atoms with Crippen molar-refractivity contribution in [2.75, 3.05) is 6.54 Å². The highest BCUT2D eigenvalue weighted by Crippen LogP contribution is 2.27. The molecule has 112 valence electrons. The Kier molecular flexibility index (Phi) is 5.99. The van der Waals surface area contributed by atoms with E-state index in [1.165, 1.54) is 6.07 Å². The molecule has 2 rings (SSSR count). The van der Waals surface area contributed by atoms with E-state index in [2.05, 4.69) is 41.8 Å². The molecule has 0 aromatic heterocycles. The van der Waals surface area contributed by atoms with E-state index >= 15 is 0 Å². The Balaban J connectivity index is 2.14. The van der Waals surface area contributed by atoms with Crippen LogP contribution in [0.1, 0.15) is 19.4 Å². The van der Waals surface area contributed by atoms with Gasteiger partial charge < -0.3 is 10.1 Å². The van der Waals surface area contributed by atoms with E-state index in [1.54, 1.807) is 12.1 Å². The zero-order valence-corrected chi connectivity index (χ0v) is 14.4. The highest BCUT2D eigenvalue weighted by Gasteiger charge is 2.10. The molecule has 2 aromatic carbocycles. The van der Waals surface area contributed by atoms with Crippen LogP contribution >= 0.6 is 22.6 Å². The molecule has 0 fully saturated rings. The van der Waals surface area contributed by atoms with Crippen LogP contribution in [-0.4, -0.2) is 6.54 Å². The number of hydrogen-bond acceptors (Lipinski definition) is 2. The van der Waals surface area contributed by atoms with E-state index in [9.17, 15) is 4.39 Å². The van der Waals surface area contributed by atoms with Gasteiger partial charge in [0, 0.05) is 15.7 Å². The third kappa shape index (κ3) is 4.97. The minimum Gasteiger partial charge on any atom is -0.457 e. The van der Waals surface area contributed by atoms with Crippen molar-refractivity contribution in [1.82, 2.24) is 5.32 Å². The second kappa shape index (κ2) is 7.75. The summed E-state index contributed by atoms with van der Waals surface area (Å²) in [4.78, 5) is 0. The molecule has 0 saturated carbocycles. The molecule has 1 N–H and O–H groups in total. The summed E-state index contributed by atoms with van der Waals surface area (Å²) in [7, 11) is 0. The fourth-order valence-electron chi connectivity index (χ4n) is 1.92. The van der Waals surface area contributed by atoms with Gasteiger partial charge in [-0.15, -0.1) is 0 Å². The lowest BCUT2D eigenvalue weighted by atomic mass is 10.1. The summed E-state index contributed by atoms with van der Waals surface area (Å²) >= 11 is 2.24. The normalized spacial score (nSPS) is 10.9. The van der Waals surface area contributed by atoms with Crippen LogP contribution in [0.2, 0.25) is 0 Å². The van der Waals surface area contributed by atoms with Crippen LogP contribution in [0.15, 0.2) is 42.5 Å². The Hall–Kier alpha value is -1.14. The first-order valence-corrected chi connectivity index (χ1v) is 8.05. The van der Waals surface area contributed by atoms with Gasteiger partial charge in [-0.3, -0.25) is 0 Å². The van der Waals surface area contributed by atoms with Crippen LogP contribution in [0.3, 0.4) is 0 Å². The predicted molar refractivity (Wildman–Crippen MR) is 92.2 cm³/mol. The fourth-order valence-corrected chi connectivity index (χ4v) is 2.28. The molecule has 0 amide bonds. The number of rotatable bonds is 6. The largest absolute Gasteiger partial charge is 0.457 e. The van der Waals surface area contributed by atoms with Gasteiger partial charge in [0.2, 0.25) is 0 Å². The van der Waals surface area contributed by atoms with Crippen LogP contribution in [0, 0.1) is 15.3 Å². The fraction of sp³-hybridized carbons (Fsp3) is 0.294. The Morgan fingerprint density at radius 2 is 1.86 bits per heavy atom. The van der Waals surface area contributed by atoms with E-state index < -0.39 is 0 Å². The SMILES string of the molecule is CC(C)CNCc1c(F)cccc1Oc1ccc(I)cc1. The summed E-state index contributed by atoms with van der Waals surface area (Å²) < 4.78 is 21.0. The Morgan fingerprint density at radius 1 is 1.14 bits per heavy atom. The lowest BCUT2D eigenvalue weighted by Gasteiger charge is -2.13. The molecule has 2 aromatic rings. The van der Waals surface area contributed by atoms with Gasteiger partial charge >= 0.3 is 0 Å². The summed E-state index contributed by atoms with van der Waals surface area (Å²) in [5.74, 6) is 1.56. The van der Waals surface area contributed by atoms with Crippen LogP contribution in [0.25, 0.3) is 0 Å².